The molecule has 1 unspecified atom stereocenters. The molecule has 1 atom stereocenters. The van der Waals surface area contributed by atoms with Crippen molar-refractivity contribution in [3.8, 4) is 5.75 Å². The number of hydrogen-bond acceptors (Lipinski definition) is 3. The van der Waals surface area contributed by atoms with E-state index in [-0.39, 0.29) is 17.8 Å². The molecule has 0 amide bonds. The van der Waals surface area contributed by atoms with Crippen LogP contribution < -0.4 is 4.74 Å². The number of halogens is 2. The minimum atomic E-state index is -0.789. The number of benzene rings is 2. The number of fused-ring (bicyclic) bond motifs is 1. The third kappa shape index (κ3) is 5.93. The number of carboxylic acids is 1. The highest BCUT2D eigenvalue weighted by atomic mass is 35.5. The first kappa shape index (κ1) is 25.2. The summed E-state index contributed by atoms with van der Waals surface area (Å²) in [6, 6.07) is 13.9. The van der Waals surface area contributed by atoms with Gasteiger partial charge in [-0.25, -0.2) is 4.79 Å². The van der Waals surface area contributed by atoms with Gasteiger partial charge < -0.3 is 14.7 Å². The Labute approximate surface area is 207 Å². The predicted octanol–water partition coefficient (Wildman–Crippen LogP) is 6.41. The first-order chi connectivity index (χ1) is 15.2. The van der Waals surface area contributed by atoms with Crippen molar-refractivity contribution in [3.63, 3.8) is 0 Å². The molecule has 1 N–H and O–H groups in total. The molecule has 6 heteroatoms. The summed E-state index contributed by atoms with van der Waals surface area (Å²) in [6.07, 6.45) is 6.41. The second kappa shape index (κ2) is 10.2. The van der Waals surface area contributed by atoms with E-state index in [4.69, 9.17) is 16.3 Å². The number of hydrogen-bond donors (Lipinski definition) is 1. The molecule has 2 aromatic carbocycles. The number of ether oxygens (including phenoxy) is 1. The van der Waals surface area contributed by atoms with Gasteiger partial charge in [0, 0.05) is 17.0 Å². The van der Waals surface area contributed by atoms with Crippen molar-refractivity contribution in [2.45, 2.75) is 46.1 Å². The lowest BCUT2D eigenvalue weighted by atomic mass is 9.85. The molecule has 1 aliphatic heterocycles. The van der Waals surface area contributed by atoms with Crippen LogP contribution in [-0.4, -0.2) is 35.2 Å². The number of rotatable bonds is 8. The fraction of sp³-hybridized carbons (Fsp3) is 0.370. The molecule has 4 nitrogen and oxygen atoms in total. The van der Waals surface area contributed by atoms with Crippen molar-refractivity contribution in [2.24, 2.45) is 5.41 Å². The van der Waals surface area contributed by atoms with Crippen molar-refractivity contribution < 1.29 is 14.6 Å². The third-order valence-electron chi connectivity index (χ3n) is 6.38. The van der Waals surface area contributed by atoms with Gasteiger partial charge in [-0.3, -0.25) is 0 Å². The summed E-state index contributed by atoms with van der Waals surface area (Å²) in [4.78, 5) is 13.2. The van der Waals surface area contributed by atoms with E-state index in [1.54, 1.807) is 6.08 Å². The molecule has 2 aliphatic rings. The van der Waals surface area contributed by atoms with Crippen molar-refractivity contribution in [1.29, 1.82) is 0 Å². The van der Waals surface area contributed by atoms with Gasteiger partial charge in [-0.05, 0) is 90.6 Å². The molecular weight excluding hydrogens is 457 g/mol. The Balaban J connectivity index is 0.00000306. The summed E-state index contributed by atoms with van der Waals surface area (Å²) >= 11 is 6.00. The number of carboxylic acid groups (broad SMARTS) is 1. The quantitative estimate of drug-likeness (QED) is 0.467. The Bertz CT molecular complexity index is 1070. The van der Waals surface area contributed by atoms with Crippen LogP contribution in [0.1, 0.15) is 43.9 Å². The molecule has 0 spiro atoms. The minimum Gasteiger partial charge on any atom is -0.493 e. The van der Waals surface area contributed by atoms with E-state index in [1.807, 2.05) is 29.3 Å². The summed E-state index contributed by atoms with van der Waals surface area (Å²) in [5.41, 5.74) is 6.36. The second-order valence-electron chi connectivity index (χ2n) is 9.60. The molecule has 0 fully saturated rings. The number of nitrogens with zero attached hydrogens (tertiary/aromatic N) is 1. The van der Waals surface area contributed by atoms with Gasteiger partial charge in [0.15, 0.2) is 0 Å². The number of aliphatic carboxylic acids is 1. The first-order valence-corrected chi connectivity index (χ1v) is 11.5. The van der Waals surface area contributed by atoms with Crippen molar-refractivity contribution in [3.05, 3.63) is 82.0 Å². The Hall–Kier alpha value is -2.43. The van der Waals surface area contributed by atoms with Gasteiger partial charge in [-0.15, -0.1) is 12.4 Å². The van der Waals surface area contributed by atoms with Crippen LogP contribution in [0.4, 0.5) is 0 Å². The number of allylic oxidation sites excluding steroid dienone is 1. The first-order valence-electron chi connectivity index (χ1n) is 11.1. The smallest absolute Gasteiger partial charge is 0.330 e. The molecule has 1 heterocycles. The predicted molar refractivity (Wildman–Crippen MR) is 136 cm³/mol. The zero-order chi connectivity index (χ0) is 22.9. The molecule has 1 aliphatic carbocycles. The van der Waals surface area contributed by atoms with Gasteiger partial charge >= 0.3 is 5.97 Å². The van der Waals surface area contributed by atoms with Gasteiger partial charge in [-0.2, -0.15) is 0 Å². The normalized spacial score (nSPS) is 17.2. The molecule has 0 saturated carbocycles. The van der Waals surface area contributed by atoms with E-state index in [0.717, 1.165) is 30.0 Å². The maximum atomic E-state index is 11.3. The number of aryl methyl sites for hydroxylation is 1. The van der Waals surface area contributed by atoms with E-state index < -0.39 is 12.0 Å². The van der Waals surface area contributed by atoms with Crippen molar-refractivity contribution in [2.75, 3.05) is 13.2 Å². The van der Waals surface area contributed by atoms with Gasteiger partial charge in [0.05, 0.1) is 6.61 Å². The Kier molecular flexibility index (Phi) is 7.81. The largest absolute Gasteiger partial charge is 0.493 e. The summed E-state index contributed by atoms with van der Waals surface area (Å²) in [5.74, 6) is 0.114. The van der Waals surface area contributed by atoms with Crippen LogP contribution in [0.25, 0.3) is 5.57 Å². The average molecular weight is 488 g/mol. The molecule has 2 aromatic rings. The lowest BCUT2D eigenvalue weighted by Crippen LogP contribution is -2.43. The highest BCUT2D eigenvalue weighted by Gasteiger charge is 2.29. The molecule has 0 aromatic heterocycles. The van der Waals surface area contributed by atoms with E-state index in [0.29, 0.717) is 13.2 Å². The van der Waals surface area contributed by atoms with E-state index in [1.165, 1.54) is 27.8 Å². The van der Waals surface area contributed by atoms with E-state index in [9.17, 15) is 9.90 Å². The van der Waals surface area contributed by atoms with Gasteiger partial charge in [0.1, 0.15) is 11.8 Å². The maximum Gasteiger partial charge on any atom is 0.330 e. The monoisotopic (exact) mass is 487 g/mol. The van der Waals surface area contributed by atoms with Gasteiger partial charge in [-0.1, -0.05) is 43.6 Å². The molecule has 0 bridgehead atoms. The second-order valence-corrected chi connectivity index (χ2v) is 10.0. The lowest BCUT2D eigenvalue weighted by molar-refractivity contribution is -0.141. The molecule has 33 heavy (non-hydrogen) atoms. The molecular formula is C27H31Cl2NO3. The summed E-state index contributed by atoms with van der Waals surface area (Å²) in [5, 5.41) is 10.0. The lowest BCUT2D eigenvalue weighted by Gasteiger charge is -2.35. The highest BCUT2D eigenvalue weighted by Crippen LogP contribution is 2.35. The van der Waals surface area contributed by atoms with Gasteiger partial charge in [0.2, 0.25) is 0 Å². The summed E-state index contributed by atoms with van der Waals surface area (Å²) in [6.45, 7) is 7.88. The van der Waals surface area contributed by atoms with Crippen molar-refractivity contribution >= 4 is 35.6 Å². The zero-order valence-electron chi connectivity index (χ0n) is 19.3. The highest BCUT2D eigenvalue weighted by molar-refractivity contribution is 6.30. The maximum absolute atomic E-state index is 11.3. The van der Waals surface area contributed by atoms with Crippen LogP contribution in [0.15, 0.2) is 60.3 Å². The topological polar surface area (TPSA) is 49.8 Å². The van der Waals surface area contributed by atoms with Gasteiger partial charge in [0.25, 0.3) is 0 Å². The molecule has 4 rings (SSSR count). The standard InChI is InChI=1S/C27H30ClNO3.ClH/c1-18-21(16-29-13-12-25(29)26(30)31)7-6-20-14-23(10-11-24(18)20)32-17-27(2,3)15-19-4-8-22(28)9-5-19;/h4-5,8-14,25H,6-7,15-17H2,1-3H3,(H,30,31);1H. The Morgan fingerprint density at radius 3 is 2.55 bits per heavy atom. The minimum absolute atomic E-state index is 0. The third-order valence-corrected chi connectivity index (χ3v) is 6.63. The molecule has 0 saturated heterocycles. The Morgan fingerprint density at radius 1 is 1.18 bits per heavy atom. The average Bonchev–Trinajstić information content (AvgIpc) is 2.72. The van der Waals surface area contributed by atoms with Crippen LogP contribution in [0.2, 0.25) is 5.02 Å². The van der Waals surface area contributed by atoms with Crippen molar-refractivity contribution in [1.82, 2.24) is 4.90 Å². The number of carbonyl (C=O) groups is 1. The fourth-order valence-electron chi connectivity index (χ4n) is 4.47. The summed E-state index contributed by atoms with van der Waals surface area (Å²) in [7, 11) is 0. The van der Waals surface area contributed by atoms with E-state index >= 15 is 0 Å². The Morgan fingerprint density at radius 2 is 1.91 bits per heavy atom. The zero-order valence-corrected chi connectivity index (χ0v) is 20.9. The van der Waals surface area contributed by atoms with E-state index in [2.05, 4.69) is 45.0 Å². The van der Waals surface area contributed by atoms with Crippen LogP contribution in [0.5, 0.6) is 5.75 Å². The van der Waals surface area contributed by atoms with Crippen LogP contribution in [0.3, 0.4) is 0 Å². The summed E-state index contributed by atoms with van der Waals surface area (Å²) < 4.78 is 6.20. The van der Waals surface area contributed by atoms with Crippen LogP contribution in [0, 0.1) is 5.41 Å². The van der Waals surface area contributed by atoms with Crippen LogP contribution in [-0.2, 0) is 17.6 Å². The molecule has 176 valence electrons. The van der Waals surface area contributed by atoms with Crippen LogP contribution >= 0.6 is 24.0 Å². The SMILES string of the molecule is CC1=C(CN2C=CC2C(=O)O)CCc2cc(OCC(C)(C)Cc3ccc(Cl)cc3)ccc21.Cl. The molecule has 0 radical (unpaired) electrons. The fourth-order valence-corrected chi connectivity index (χ4v) is 4.59.